The van der Waals surface area contributed by atoms with Crippen LogP contribution in [0.4, 0.5) is 11.5 Å². The number of aliphatic carboxylic acids is 1. The van der Waals surface area contributed by atoms with Gasteiger partial charge in [0.05, 0.1) is 31.1 Å². The monoisotopic (exact) mass is 553 g/mol. The summed E-state index contributed by atoms with van der Waals surface area (Å²) < 4.78 is 11.4. The molecule has 13 nitrogen and oxygen atoms in total. The first kappa shape index (κ1) is 28.3. The smallest absolute Gasteiger partial charge is 0.325 e. The van der Waals surface area contributed by atoms with Gasteiger partial charge in [-0.15, -0.1) is 0 Å². The molecule has 40 heavy (non-hydrogen) atoms. The zero-order chi connectivity index (χ0) is 28.8. The number of esters is 1. The minimum atomic E-state index is -0.993. The predicted octanol–water partition coefficient (Wildman–Crippen LogP) is 3.66. The second-order valence-electron chi connectivity index (χ2n) is 9.57. The number of pyridine rings is 1. The fourth-order valence-corrected chi connectivity index (χ4v) is 5.13. The van der Waals surface area contributed by atoms with Gasteiger partial charge in [0.15, 0.2) is 11.4 Å². The summed E-state index contributed by atoms with van der Waals surface area (Å²) in [4.78, 5) is 52.8. The standard InChI is InChI=1S/C27H31N5O8/c1-39-21-11-10-17(13-20(21)32(37)38)24-26(28-15-23(35)40-2)31-12-6-9-18(25(31)30-24)27(36)29-19(14-22(33)34)16-7-4-3-5-8-16/h6,9-13,16,19,28H,3-5,7-8,14-15H2,1-2H3,(H,29,36)(H,33,34). The van der Waals surface area contributed by atoms with Gasteiger partial charge in [-0.2, -0.15) is 0 Å². The maximum absolute atomic E-state index is 13.5. The van der Waals surface area contributed by atoms with E-state index in [1.54, 1.807) is 28.8 Å². The number of imidazole rings is 1. The second kappa shape index (κ2) is 12.5. The number of carboxylic acid groups (broad SMARTS) is 1. The molecule has 3 N–H and O–H groups in total. The van der Waals surface area contributed by atoms with Gasteiger partial charge in [-0.1, -0.05) is 19.3 Å². The molecule has 3 aromatic rings. The summed E-state index contributed by atoms with van der Waals surface area (Å²) >= 11 is 0. The van der Waals surface area contributed by atoms with Gasteiger partial charge < -0.3 is 25.2 Å². The average molecular weight is 554 g/mol. The first-order chi connectivity index (χ1) is 19.2. The summed E-state index contributed by atoms with van der Waals surface area (Å²) in [6.45, 7) is -0.228. The molecule has 0 spiro atoms. The molecule has 1 saturated carbocycles. The lowest BCUT2D eigenvalue weighted by Gasteiger charge is -2.30. The number of ether oxygens (including phenoxy) is 2. The molecule has 1 aliphatic rings. The van der Waals surface area contributed by atoms with E-state index in [0.717, 1.165) is 32.1 Å². The molecule has 0 bridgehead atoms. The fraction of sp³-hybridized carbons (Fsp3) is 0.407. The third-order valence-electron chi connectivity index (χ3n) is 7.10. The number of anilines is 1. The van der Waals surface area contributed by atoms with Crippen molar-refractivity contribution in [3.8, 4) is 17.0 Å². The number of rotatable bonds is 11. The largest absolute Gasteiger partial charge is 0.490 e. The Morgan fingerprint density at radius 3 is 2.60 bits per heavy atom. The van der Waals surface area contributed by atoms with Crippen LogP contribution in [-0.2, 0) is 14.3 Å². The molecule has 1 fully saturated rings. The maximum Gasteiger partial charge on any atom is 0.325 e. The number of nitrogens with one attached hydrogen (secondary N) is 2. The van der Waals surface area contributed by atoms with Crippen molar-refractivity contribution in [1.82, 2.24) is 14.7 Å². The number of carboxylic acids is 1. The highest BCUT2D eigenvalue weighted by molar-refractivity contribution is 6.01. The van der Waals surface area contributed by atoms with Crippen LogP contribution in [0.5, 0.6) is 5.75 Å². The van der Waals surface area contributed by atoms with Crippen LogP contribution in [0.1, 0.15) is 48.9 Å². The first-order valence-corrected chi connectivity index (χ1v) is 12.9. The van der Waals surface area contributed by atoms with Crippen molar-refractivity contribution in [2.24, 2.45) is 5.92 Å². The third-order valence-corrected chi connectivity index (χ3v) is 7.10. The van der Waals surface area contributed by atoms with Crippen LogP contribution in [0.3, 0.4) is 0 Å². The highest BCUT2D eigenvalue weighted by atomic mass is 16.6. The summed E-state index contributed by atoms with van der Waals surface area (Å²) in [6, 6.07) is 6.98. The van der Waals surface area contributed by atoms with Gasteiger partial charge in [-0.3, -0.25) is 28.9 Å². The molecule has 1 amide bonds. The van der Waals surface area contributed by atoms with E-state index < -0.39 is 28.8 Å². The predicted molar refractivity (Wildman–Crippen MR) is 144 cm³/mol. The van der Waals surface area contributed by atoms with E-state index in [4.69, 9.17) is 9.47 Å². The van der Waals surface area contributed by atoms with Crippen molar-refractivity contribution in [1.29, 1.82) is 0 Å². The van der Waals surface area contributed by atoms with Crippen molar-refractivity contribution >= 4 is 35.0 Å². The van der Waals surface area contributed by atoms with Crippen molar-refractivity contribution < 1.29 is 33.9 Å². The fourth-order valence-electron chi connectivity index (χ4n) is 5.13. The number of benzene rings is 1. The molecule has 1 aliphatic carbocycles. The van der Waals surface area contributed by atoms with E-state index in [1.165, 1.54) is 26.4 Å². The SMILES string of the molecule is COC(=O)CNc1c(-c2ccc(OC)c([N+](=O)[O-])c2)nc2c(C(=O)NC(CC(=O)O)C3CCCCC3)cccn12. The van der Waals surface area contributed by atoms with Crippen molar-refractivity contribution in [3.63, 3.8) is 0 Å². The second-order valence-corrected chi connectivity index (χ2v) is 9.57. The van der Waals surface area contributed by atoms with Crippen molar-refractivity contribution in [2.45, 2.75) is 44.6 Å². The van der Waals surface area contributed by atoms with E-state index in [2.05, 4.69) is 15.6 Å². The molecule has 1 unspecified atom stereocenters. The van der Waals surface area contributed by atoms with E-state index in [0.29, 0.717) is 11.4 Å². The Balaban J connectivity index is 1.78. The number of nitro groups is 1. The Morgan fingerprint density at radius 1 is 1.20 bits per heavy atom. The molecule has 1 aromatic carbocycles. The Kier molecular flexibility index (Phi) is 8.82. The molecule has 2 aromatic heterocycles. The minimum Gasteiger partial charge on any atom is -0.490 e. The molecule has 0 saturated heterocycles. The molecular formula is C27H31N5O8. The molecule has 13 heteroatoms. The van der Waals surface area contributed by atoms with Crippen LogP contribution in [0.15, 0.2) is 36.5 Å². The number of methoxy groups -OCH3 is 2. The highest BCUT2D eigenvalue weighted by Gasteiger charge is 2.29. The number of nitro benzene ring substituents is 1. The molecule has 1 atom stereocenters. The van der Waals surface area contributed by atoms with Gasteiger partial charge in [0, 0.05) is 23.9 Å². The maximum atomic E-state index is 13.5. The number of carbonyl (C=O) groups is 3. The van der Waals surface area contributed by atoms with Gasteiger partial charge in [0.2, 0.25) is 0 Å². The Hall–Kier alpha value is -4.68. The van der Waals surface area contributed by atoms with E-state index in [9.17, 15) is 29.6 Å². The van der Waals surface area contributed by atoms with Crippen molar-refractivity contribution in [3.05, 3.63) is 52.2 Å². The molecular weight excluding hydrogens is 522 g/mol. The van der Waals surface area contributed by atoms with E-state index >= 15 is 0 Å². The number of aromatic nitrogens is 2. The molecule has 0 radical (unpaired) electrons. The summed E-state index contributed by atoms with van der Waals surface area (Å²) in [6.07, 6.45) is 6.18. The van der Waals surface area contributed by atoms with Gasteiger partial charge >= 0.3 is 17.6 Å². The molecule has 212 valence electrons. The number of carbonyl (C=O) groups excluding carboxylic acids is 2. The normalized spacial score (nSPS) is 14.3. The summed E-state index contributed by atoms with van der Waals surface area (Å²) in [7, 11) is 2.57. The Morgan fingerprint density at radius 2 is 1.95 bits per heavy atom. The summed E-state index contributed by atoms with van der Waals surface area (Å²) in [5.41, 5.74) is 0.728. The first-order valence-electron chi connectivity index (χ1n) is 12.9. The van der Waals surface area contributed by atoms with Gasteiger partial charge in [0.25, 0.3) is 5.91 Å². The molecule has 4 rings (SSSR count). The van der Waals surface area contributed by atoms with Crippen LogP contribution in [0.25, 0.3) is 16.9 Å². The Labute approximate surface area is 229 Å². The number of hydrogen-bond donors (Lipinski definition) is 3. The zero-order valence-electron chi connectivity index (χ0n) is 22.2. The van der Waals surface area contributed by atoms with E-state index in [1.807, 2.05) is 0 Å². The Bertz CT molecular complexity index is 1430. The van der Waals surface area contributed by atoms with Crippen molar-refractivity contribution in [2.75, 3.05) is 26.1 Å². The number of nitrogens with zero attached hydrogens (tertiary/aromatic N) is 3. The minimum absolute atomic E-state index is 0.0565. The van der Waals surface area contributed by atoms with Crippen LogP contribution < -0.4 is 15.4 Å². The van der Waals surface area contributed by atoms with Gasteiger partial charge in [0.1, 0.15) is 18.1 Å². The van der Waals surface area contributed by atoms with Crippen LogP contribution >= 0.6 is 0 Å². The van der Waals surface area contributed by atoms with Crippen LogP contribution in [-0.4, -0.2) is 64.1 Å². The summed E-state index contributed by atoms with van der Waals surface area (Å²) in [5.74, 6) is -1.61. The number of fused-ring (bicyclic) bond motifs is 1. The topological polar surface area (TPSA) is 174 Å². The third kappa shape index (κ3) is 6.14. The lowest BCUT2D eigenvalue weighted by molar-refractivity contribution is -0.385. The summed E-state index contributed by atoms with van der Waals surface area (Å²) in [5, 5.41) is 27.0. The van der Waals surface area contributed by atoms with Gasteiger partial charge in [-0.05, 0) is 43.0 Å². The average Bonchev–Trinajstić information content (AvgIpc) is 3.33. The van der Waals surface area contributed by atoms with Crippen LogP contribution in [0.2, 0.25) is 0 Å². The van der Waals surface area contributed by atoms with E-state index in [-0.39, 0.29) is 47.2 Å². The molecule has 2 heterocycles. The zero-order valence-corrected chi connectivity index (χ0v) is 22.2. The lowest BCUT2D eigenvalue weighted by atomic mass is 9.82. The quantitative estimate of drug-likeness (QED) is 0.181. The lowest BCUT2D eigenvalue weighted by Crippen LogP contribution is -2.42. The van der Waals surface area contributed by atoms with Gasteiger partial charge in [-0.25, -0.2) is 4.98 Å². The number of hydrogen-bond acceptors (Lipinski definition) is 9. The number of amides is 1. The van der Waals surface area contributed by atoms with Crippen LogP contribution in [0, 0.1) is 16.0 Å². The molecule has 0 aliphatic heterocycles. The highest BCUT2D eigenvalue weighted by Crippen LogP contribution is 2.36.